The maximum absolute atomic E-state index is 10.2. The van der Waals surface area contributed by atoms with E-state index in [1.165, 1.54) is 18.4 Å². The normalized spacial score (nSPS) is 23.6. The first-order valence-corrected chi connectivity index (χ1v) is 8.70. The Balaban J connectivity index is 1.63. The molecule has 5 rings (SSSR count). The van der Waals surface area contributed by atoms with E-state index in [1.54, 1.807) is 6.07 Å². The first-order chi connectivity index (χ1) is 11.8. The van der Waals surface area contributed by atoms with Crippen LogP contribution in [0.2, 0.25) is 0 Å². The molecule has 1 unspecified atom stereocenters. The first kappa shape index (κ1) is 13.9. The molecule has 1 fully saturated rings. The highest BCUT2D eigenvalue weighted by atomic mass is 16.5. The Morgan fingerprint density at radius 3 is 2.62 bits per heavy atom. The van der Waals surface area contributed by atoms with Crippen molar-refractivity contribution in [2.45, 2.75) is 43.9 Å². The van der Waals surface area contributed by atoms with Gasteiger partial charge in [-0.2, -0.15) is 5.10 Å². The monoisotopic (exact) mass is 320 g/mol. The minimum absolute atomic E-state index is 0.197. The van der Waals surface area contributed by atoms with E-state index in [0.717, 1.165) is 36.3 Å². The molecule has 2 heterocycles. The number of para-hydroxylation sites is 2. The number of phenols is 1. The molecule has 0 bridgehead atoms. The lowest BCUT2D eigenvalue weighted by Gasteiger charge is -2.45. The summed E-state index contributed by atoms with van der Waals surface area (Å²) < 4.78 is 6.47. The highest BCUT2D eigenvalue weighted by Crippen LogP contribution is 2.52. The predicted octanol–water partition coefficient (Wildman–Crippen LogP) is 4.21. The summed E-state index contributed by atoms with van der Waals surface area (Å²) in [5, 5.41) is 17.4. The number of hydrogen-bond donors (Lipinski definition) is 1. The summed E-state index contributed by atoms with van der Waals surface area (Å²) in [4.78, 5) is 0. The molecule has 1 aliphatic carbocycles. The second kappa shape index (κ2) is 5.00. The molecular formula is C20H20N2O2. The molecule has 3 aliphatic rings. The third kappa shape index (κ3) is 1.89. The zero-order valence-electron chi connectivity index (χ0n) is 13.5. The Hall–Kier alpha value is -2.49. The van der Waals surface area contributed by atoms with Gasteiger partial charge in [0.25, 0.3) is 0 Å². The summed E-state index contributed by atoms with van der Waals surface area (Å²) in [6, 6.07) is 16.0. The minimum Gasteiger partial charge on any atom is -0.507 e. The highest BCUT2D eigenvalue weighted by molar-refractivity contribution is 6.04. The number of ether oxygens (including phenoxy) is 1. The minimum atomic E-state index is -0.314. The summed E-state index contributed by atoms with van der Waals surface area (Å²) in [7, 11) is 0. The van der Waals surface area contributed by atoms with Crippen LogP contribution in [0.4, 0.5) is 0 Å². The quantitative estimate of drug-likeness (QED) is 0.856. The lowest BCUT2D eigenvalue weighted by molar-refractivity contribution is -0.114. The van der Waals surface area contributed by atoms with Crippen LogP contribution >= 0.6 is 0 Å². The molecule has 2 aliphatic heterocycles. The van der Waals surface area contributed by atoms with Crippen LogP contribution in [0.1, 0.15) is 49.3 Å². The number of hydrazone groups is 1. The van der Waals surface area contributed by atoms with E-state index in [1.807, 2.05) is 24.3 Å². The van der Waals surface area contributed by atoms with Gasteiger partial charge in [-0.1, -0.05) is 30.3 Å². The van der Waals surface area contributed by atoms with Crippen LogP contribution in [-0.4, -0.2) is 21.6 Å². The molecule has 122 valence electrons. The SMILES string of the molecule is Oc1ccccc1C1=NN2C(C1)c1ccccc1OC21CCCC1. The number of benzene rings is 2. The Kier molecular flexibility index (Phi) is 2.90. The Morgan fingerprint density at radius 1 is 1.04 bits per heavy atom. The second-order valence-corrected chi connectivity index (χ2v) is 6.92. The molecule has 0 radical (unpaired) electrons. The maximum atomic E-state index is 10.2. The van der Waals surface area contributed by atoms with Crippen LogP contribution in [0.3, 0.4) is 0 Å². The molecule has 1 spiro atoms. The van der Waals surface area contributed by atoms with Gasteiger partial charge in [0.15, 0.2) is 5.72 Å². The molecule has 4 heteroatoms. The molecule has 2 aromatic rings. The van der Waals surface area contributed by atoms with Crippen molar-refractivity contribution >= 4 is 5.71 Å². The van der Waals surface area contributed by atoms with Gasteiger partial charge in [0.05, 0.1) is 11.8 Å². The number of rotatable bonds is 1. The molecular weight excluding hydrogens is 300 g/mol. The molecule has 0 amide bonds. The highest BCUT2D eigenvalue weighted by Gasteiger charge is 2.51. The van der Waals surface area contributed by atoms with Crippen molar-refractivity contribution in [1.29, 1.82) is 0 Å². The van der Waals surface area contributed by atoms with Gasteiger partial charge in [0.2, 0.25) is 0 Å². The van der Waals surface area contributed by atoms with E-state index in [0.29, 0.717) is 5.75 Å². The third-order valence-corrected chi connectivity index (χ3v) is 5.51. The Labute approximate surface area is 141 Å². The van der Waals surface area contributed by atoms with Crippen molar-refractivity contribution in [3.8, 4) is 11.5 Å². The summed E-state index contributed by atoms with van der Waals surface area (Å²) in [6.07, 6.45) is 5.17. The lowest BCUT2D eigenvalue weighted by atomic mass is 9.94. The molecule has 2 aromatic carbocycles. The predicted molar refractivity (Wildman–Crippen MR) is 92.1 cm³/mol. The van der Waals surface area contributed by atoms with Crippen molar-refractivity contribution < 1.29 is 9.84 Å². The summed E-state index contributed by atoms with van der Waals surface area (Å²) in [5.41, 5.74) is 2.66. The average Bonchev–Trinajstić information content (AvgIpc) is 3.24. The van der Waals surface area contributed by atoms with Gasteiger partial charge in [-0.05, 0) is 31.0 Å². The van der Waals surface area contributed by atoms with Crippen LogP contribution in [0.25, 0.3) is 0 Å². The summed E-state index contributed by atoms with van der Waals surface area (Å²) in [6.45, 7) is 0. The summed E-state index contributed by atoms with van der Waals surface area (Å²) in [5.74, 6) is 1.29. The zero-order valence-corrected chi connectivity index (χ0v) is 13.5. The maximum Gasteiger partial charge on any atom is 0.198 e. The topological polar surface area (TPSA) is 45.1 Å². The van der Waals surface area contributed by atoms with Gasteiger partial charge < -0.3 is 9.84 Å². The molecule has 0 aromatic heterocycles. The average molecular weight is 320 g/mol. The molecule has 1 atom stereocenters. The van der Waals surface area contributed by atoms with Crippen molar-refractivity contribution in [3.63, 3.8) is 0 Å². The zero-order chi connectivity index (χ0) is 16.1. The smallest absolute Gasteiger partial charge is 0.198 e. The first-order valence-electron chi connectivity index (χ1n) is 8.70. The van der Waals surface area contributed by atoms with Crippen LogP contribution in [0.5, 0.6) is 11.5 Å². The fourth-order valence-corrected chi connectivity index (χ4v) is 4.37. The fraction of sp³-hybridized carbons (Fsp3) is 0.350. The van der Waals surface area contributed by atoms with E-state index < -0.39 is 0 Å². The van der Waals surface area contributed by atoms with Crippen molar-refractivity contribution in [1.82, 2.24) is 5.01 Å². The van der Waals surface area contributed by atoms with Gasteiger partial charge >= 0.3 is 0 Å². The second-order valence-electron chi connectivity index (χ2n) is 6.92. The van der Waals surface area contributed by atoms with Gasteiger partial charge in [-0.3, -0.25) is 0 Å². The Bertz CT molecular complexity index is 824. The van der Waals surface area contributed by atoms with Crippen LogP contribution in [-0.2, 0) is 0 Å². The third-order valence-electron chi connectivity index (χ3n) is 5.51. The van der Waals surface area contributed by atoms with Crippen LogP contribution in [0.15, 0.2) is 53.6 Å². The Morgan fingerprint density at radius 2 is 1.79 bits per heavy atom. The van der Waals surface area contributed by atoms with Gasteiger partial charge in [0, 0.05) is 30.4 Å². The van der Waals surface area contributed by atoms with Crippen molar-refractivity contribution in [2.24, 2.45) is 5.10 Å². The lowest BCUT2D eigenvalue weighted by Crippen LogP contribution is -2.51. The van der Waals surface area contributed by atoms with E-state index in [-0.39, 0.29) is 11.8 Å². The van der Waals surface area contributed by atoms with Gasteiger partial charge in [0.1, 0.15) is 11.5 Å². The van der Waals surface area contributed by atoms with E-state index in [2.05, 4.69) is 23.2 Å². The van der Waals surface area contributed by atoms with Crippen LogP contribution in [0, 0.1) is 0 Å². The molecule has 24 heavy (non-hydrogen) atoms. The number of nitrogens with zero attached hydrogens (tertiary/aromatic N) is 2. The van der Waals surface area contributed by atoms with E-state index in [9.17, 15) is 5.11 Å². The van der Waals surface area contributed by atoms with Crippen molar-refractivity contribution in [3.05, 3.63) is 59.7 Å². The largest absolute Gasteiger partial charge is 0.507 e. The van der Waals surface area contributed by atoms with E-state index >= 15 is 0 Å². The number of fused-ring (bicyclic) bond motifs is 4. The van der Waals surface area contributed by atoms with E-state index in [4.69, 9.17) is 9.84 Å². The van der Waals surface area contributed by atoms with Gasteiger partial charge in [-0.15, -0.1) is 0 Å². The fourth-order valence-electron chi connectivity index (χ4n) is 4.37. The molecule has 1 saturated carbocycles. The van der Waals surface area contributed by atoms with Crippen LogP contribution < -0.4 is 4.74 Å². The number of aromatic hydroxyl groups is 1. The molecule has 0 saturated heterocycles. The number of phenolic OH excluding ortho intramolecular Hbond substituents is 1. The number of hydrogen-bond acceptors (Lipinski definition) is 4. The summed E-state index contributed by atoms with van der Waals surface area (Å²) >= 11 is 0. The molecule has 1 N–H and O–H groups in total. The van der Waals surface area contributed by atoms with Gasteiger partial charge in [-0.25, -0.2) is 5.01 Å². The molecule has 4 nitrogen and oxygen atoms in total. The standard InChI is InChI=1S/C20H20N2O2/c23-18-9-3-1-7-14(18)16-13-17-15-8-2-4-10-19(15)24-20(22(17)21-16)11-5-6-12-20/h1-4,7-10,17,23H,5-6,11-13H2. The van der Waals surface area contributed by atoms with Crippen molar-refractivity contribution in [2.75, 3.05) is 0 Å².